The van der Waals surface area contributed by atoms with Gasteiger partial charge in [0.15, 0.2) is 17.9 Å². The number of aromatic nitrogens is 1. The lowest BCUT2D eigenvalue weighted by molar-refractivity contribution is -0.206. The van der Waals surface area contributed by atoms with Gasteiger partial charge in [-0.2, -0.15) is 4.39 Å². The van der Waals surface area contributed by atoms with Gasteiger partial charge in [0.2, 0.25) is 5.82 Å². The topological polar surface area (TPSA) is 40.6 Å². The van der Waals surface area contributed by atoms with Gasteiger partial charge in [0, 0.05) is 23.2 Å². The maximum absolute atomic E-state index is 14.9. The van der Waals surface area contributed by atoms with Crippen LogP contribution in [-0.4, -0.2) is 24.8 Å². The summed E-state index contributed by atoms with van der Waals surface area (Å²) in [5.74, 6) is -1.53. The fourth-order valence-corrected chi connectivity index (χ4v) is 5.26. The molecule has 1 aliphatic heterocycles. The fourth-order valence-electron chi connectivity index (χ4n) is 5.26. The van der Waals surface area contributed by atoms with E-state index in [2.05, 4.69) is 18.8 Å². The quantitative estimate of drug-likeness (QED) is 0.151. The maximum Gasteiger partial charge on any atom is 0.201 e. The largest absolute Gasteiger partial charge is 0.490 e. The number of hydrogen-bond acceptors (Lipinski definition) is 4. The van der Waals surface area contributed by atoms with Crippen molar-refractivity contribution in [2.75, 3.05) is 19.8 Å². The monoisotopic (exact) mass is 559 g/mol. The van der Waals surface area contributed by atoms with Crippen LogP contribution >= 0.6 is 0 Å². The van der Waals surface area contributed by atoms with Gasteiger partial charge in [-0.05, 0) is 31.0 Å². The van der Waals surface area contributed by atoms with Gasteiger partial charge in [0.1, 0.15) is 0 Å². The van der Waals surface area contributed by atoms with E-state index in [-0.39, 0.29) is 11.3 Å². The molecule has 4 nitrogen and oxygen atoms in total. The molecule has 1 aromatic heterocycles. The van der Waals surface area contributed by atoms with Crippen LogP contribution in [0.3, 0.4) is 0 Å². The van der Waals surface area contributed by atoms with Crippen LogP contribution in [0.25, 0.3) is 11.3 Å². The van der Waals surface area contributed by atoms with E-state index < -0.39 is 17.9 Å². The van der Waals surface area contributed by atoms with Crippen LogP contribution < -0.4 is 4.74 Å². The van der Waals surface area contributed by atoms with E-state index in [0.717, 1.165) is 31.2 Å². The van der Waals surface area contributed by atoms with Crippen LogP contribution in [0.1, 0.15) is 128 Å². The molecule has 0 saturated carbocycles. The fraction of sp³-hybridized carbons (Fsp3) is 0.676. The number of halogens is 2. The molecule has 224 valence electrons. The third-order valence-electron chi connectivity index (χ3n) is 7.82. The molecule has 1 aromatic carbocycles. The summed E-state index contributed by atoms with van der Waals surface area (Å²) >= 11 is 0. The summed E-state index contributed by atoms with van der Waals surface area (Å²) in [7, 11) is 0. The molecule has 3 rings (SSSR count). The van der Waals surface area contributed by atoms with E-state index in [1.807, 2.05) is 6.07 Å². The molecule has 0 unspecified atom stereocenters. The van der Waals surface area contributed by atoms with Gasteiger partial charge >= 0.3 is 0 Å². The first kappa shape index (κ1) is 32.5. The van der Waals surface area contributed by atoms with Crippen molar-refractivity contribution in [1.29, 1.82) is 0 Å². The lowest BCUT2D eigenvalue weighted by Gasteiger charge is -2.29. The van der Waals surface area contributed by atoms with Crippen molar-refractivity contribution in [1.82, 2.24) is 4.98 Å². The van der Waals surface area contributed by atoms with Gasteiger partial charge in [-0.3, -0.25) is 4.98 Å². The molecular formula is C34H51F2NO3. The highest BCUT2D eigenvalue weighted by Crippen LogP contribution is 2.31. The first-order chi connectivity index (χ1) is 19.6. The van der Waals surface area contributed by atoms with Crippen molar-refractivity contribution >= 4 is 0 Å². The Morgan fingerprint density at radius 3 is 1.93 bits per heavy atom. The van der Waals surface area contributed by atoms with E-state index in [1.54, 1.807) is 12.3 Å². The predicted octanol–water partition coefficient (Wildman–Crippen LogP) is 10.3. The van der Waals surface area contributed by atoms with Gasteiger partial charge in [-0.15, -0.1) is 0 Å². The summed E-state index contributed by atoms with van der Waals surface area (Å²) in [6.07, 6.45) is 20.8. The van der Waals surface area contributed by atoms with Crippen LogP contribution in [-0.2, 0) is 9.47 Å². The highest BCUT2D eigenvalue weighted by Gasteiger charge is 2.24. The summed E-state index contributed by atoms with van der Waals surface area (Å²) in [4.78, 5) is 4.38. The van der Waals surface area contributed by atoms with Crippen LogP contribution in [0, 0.1) is 17.6 Å². The summed E-state index contributed by atoms with van der Waals surface area (Å²) < 4.78 is 47.0. The average molecular weight is 560 g/mol. The van der Waals surface area contributed by atoms with Crippen LogP contribution in [0.15, 0.2) is 30.5 Å². The normalized spacial score (nSPS) is 17.3. The molecule has 1 saturated heterocycles. The van der Waals surface area contributed by atoms with Crippen molar-refractivity contribution in [2.24, 2.45) is 5.92 Å². The molecule has 0 spiro atoms. The number of nitrogens with zero attached hydrogens (tertiary/aromatic N) is 1. The zero-order valence-corrected chi connectivity index (χ0v) is 24.9. The van der Waals surface area contributed by atoms with E-state index in [9.17, 15) is 8.78 Å². The van der Waals surface area contributed by atoms with E-state index in [4.69, 9.17) is 14.2 Å². The van der Waals surface area contributed by atoms with Crippen molar-refractivity contribution in [3.8, 4) is 17.0 Å². The SMILES string of the molecule is CCCCCCCCCC[C@H]1CO[C@H](c2ccc(-c3ccc(OCCCCCCCCC)c(F)c3F)nc2)OC1. The molecule has 0 bridgehead atoms. The van der Waals surface area contributed by atoms with E-state index in [1.165, 1.54) is 89.2 Å². The lowest BCUT2D eigenvalue weighted by Crippen LogP contribution is -2.27. The van der Waals surface area contributed by atoms with Gasteiger partial charge in [0.25, 0.3) is 0 Å². The van der Waals surface area contributed by atoms with Crippen molar-refractivity contribution in [2.45, 2.75) is 123 Å². The second-order valence-corrected chi connectivity index (χ2v) is 11.3. The predicted molar refractivity (Wildman–Crippen MR) is 158 cm³/mol. The van der Waals surface area contributed by atoms with Crippen LogP contribution in [0.4, 0.5) is 8.78 Å². The Balaban J connectivity index is 1.38. The molecule has 40 heavy (non-hydrogen) atoms. The number of rotatable bonds is 20. The van der Waals surface area contributed by atoms with Gasteiger partial charge < -0.3 is 14.2 Å². The average Bonchev–Trinajstić information content (AvgIpc) is 2.98. The Kier molecular flexibility index (Phi) is 15.5. The van der Waals surface area contributed by atoms with Crippen molar-refractivity contribution < 1.29 is 23.0 Å². The lowest BCUT2D eigenvalue weighted by atomic mass is 10.0. The third kappa shape index (κ3) is 11.1. The first-order valence-corrected chi connectivity index (χ1v) is 15.9. The standard InChI is InChI=1S/C34H51F2NO3/c1-3-5-7-9-11-12-14-16-18-27-25-39-34(40-26-27)28-19-21-30(37-24-28)29-20-22-31(33(36)32(29)35)38-23-17-15-13-10-8-6-4-2/h19-22,24,27,34H,3-18,23,25-26H2,1-2H3/t27-,34-. The minimum atomic E-state index is -0.965. The van der Waals surface area contributed by atoms with Crippen molar-refractivity contribution in [3.05, 3.63) is 47.7 Å². The highest BCUT2D eigenvalue weighted by molar-refractivity contribution is 5.61. The Labute approximate surface area is 241 Å². The maximum atomic E-state index is 14.9. The van der Waals surface area contributed by atoms with Gasteiger partial charge in [-0.25, -0.2) is 4.39 Å². The Morgan fingerprint density at radius 1 is 0.725 bits per heavy atom. The summed E-state index contributed by atoms with van der Waals surface area (Å²) in [6, 6.07) is 6.52. The molecule has 1 fully saturated rings. The second-order valence-electron chi connectivity index (χ2n) is 11.3. The first-order valence-electron chi connectivity index (χ1n) is 15.9. The zero-order valence-electron chi connectivity index (χ0n) is 24.9. The molecule has 1 aliphatic rings. The number of pyridine rings is 1. The molecule has 2 aromatic rings. The molecule has 0 aliphatic carbocycles. The smallest absolute Gasteiger partial charge is 0.201 e. The summed E-state index contributed by atoms with van der Waals surface area (Å²) in [5.41, 5.74) is 1.26. The third-order valence-corrected chi connectivity index (χ3v) is 7.82. The number of ether oxygens (including phenoxy) is 3. The molecule has 0 amide bonds. The zero-order chi connectivity index (χ0) is 28.4. The molecule has 6 heteroatoms. The number of benzene rings is 1. The molecular weight excluding hydrogens is 508 g/mol. The summed E-state index contributed by atoms with van der Waals surface area (Å²) in [6.45, 7) is 6.18. The Morgan fingerprint density at radius 2 is 1.32 bits per heavy atom. The summed E-state index contributed by atoms with van der Waals surface area (Å²) in [5, 5.41) is 0. The Hall–Kier alpha value is -2.05. The van der Waals surface area contributed by atoms with E-state index in [0.29, 0.717) is 31.4 Å². The van der Waals surface area contributed by atoms with Gasteiger partial charge in [0.05, 0.1) is 25.5 Å². The minimum absolute atomic E-state index is 0.0469. The molecule has 0 atom stereocenters. The number of hydrogen-bond donors (Lipinski definition) is 0. The van der Waals surface area contributed by atoms with E-state index >= 15 is 0 Å². The van der Waals surface area contributed by atoms with Crippen LogP contribution in [0.5, 0.6) is 5.75 Å². The second kappa shape index (κ2) is 19.1. The number of unbranched alkanes of at least 4 members (excludes halogenated alkanes) is 13. The minimum Gasteiger partial charge on any atom is -0.490 e. The molecule has 0 N–H and O–H groups in total. The van der Waals surface area contributed by atoms with Crippen LogP contribution in [0.2, 0.25) is 0 Å². The highest BCUT2D eigenvalue weighted by atomic mass is 19.2. The van der Waals surface area contributed by atoms with Gasteiger partial charge in [-0.1, -0.05) is 110 Å². The molecule has 2 heterocycles. The molecule has 0 radical (unpaired) electrons. The van der Waals surface area contributed by atoms with Crippen molar-refractivity contribution in [3.63, 3.8) is 0 Å². The Bertz CT molecular complexity index is 945.